The second-order valence-corrected chi connectivity index (χ2v) is 8.13. The van der Waals surface area contributed by atoms with E-state index in [9.17, 15) is 9.18 Å². The predicted molar refractivity (Wildman–Crippen MR) is 124 cm³/mol. The van der Waals surface area contributed by atoms with Gasteiger partial charge in [0.2, 0.25) is 5.91 Å². The van der Waals surface area contributed by atoms with E-state index >= 15 is 0 Å². The fraction of sp³-hybridized carbons (Fsp3) is 0.269. The van der Waals surface area contributed by atoms with Crippen molar-refractivity contribution < 1.29 is 18.7 Å². The van der Waals surface area contributed by atoms with Crippen molar-refractivity contribution >= 4 is 23.2 Å². The number of hydrogen-bond acceptors (Lipinski definition) is 3. The molecule has 3 aromatic rings. The van der Waals surface area contributed by atoms with Crippen molar-refractivity contribution in [2.75, 3.05) is 18.1 Å². The maximum atomic E-state index is 14.4. The van der Waals surface area contributed by atoms with Gasteiger partial charge in [-0.1, -0.05) is 29.8 Å². The monoisotopic (exact) mass is 453 g/mol. The number of amides is 1. The molecule has 0 radical (unpaired) electrons. The number of carbonyl (C=O) groups excluding carboxylic acids is 1. The molecule has 0 saturated carbocycles. The van der Waals surface area contributed by atoms with Crippen LogP contribution in [0.1, 0.15) is 42.1 Å². The first-order valence-electron chi connectivity index (χ1n) is 10.7. The lowest BCUT2D eigenvalue weighted by atomic mass is 9.86. The summed E-state index contributed by atoms with van der Waals surface area (Å²) in [5.74, 6) is 0.770. The van der Waals surface area contributed by atoms with Crippen LogP contribution in [0.25, 0.3) is 0 Å². The number of carbonyl (C=O) groups is 1. The summed E-state index contributed by atoms with van der Waals surface area (Å²) in [7, 11) is 0. The summed E-state index contributed by atoms with van der Waals surface area (Å²) in [6.07, 6.45) is 0.182. The van der Waals surface area contributed by atoms with Crippen molar-refractivity contribution in [3.8, 4) is 11.5 Å². The van der Waals surface area contributed by atoms with Crippen molar-refractivity contribution in [2.24, 2.45) is 0 Å². The second kappa shape index (κ2) is 9.21. The first-order chi connectivity index (χ1) is 15.4. The van der Waals surface area contributed by atoms with E-state index in [2.05, 4.69) is 0 Å². The number of nitrogens with zero attached hydrogens (tertiary/aromatic N) is 1. The molecule has 1 aliphatic rings. The molecule has 0 spiro atoms. The fourth-order valence-corrected chi connectivity index (χ4v) is 4.22. The minimum Gasteiger partial charge on any atom is -0.490 e. The van der Waals surface area contributed by atoms with Gasteiger partial charge in [-0.15, -0.1) is 0 Å². The van der Waals surface area contributed by atoms with Crippen LogP contribution < -0.4 is 14.4 Å². The average Bonchev–Trinajstić information content (AvgIpc) is 2.77. The van der Waals surface area contributed by atoms with E-state index in [1.165, 1.54) is 6.07 Å². The Balaban J connectivity index is 1.93. The Morgan fingerprint density at radius 2 is 1.66 bits per heavy atom. The molecule has 0 aromatic heterocycles. The lowest BCUT2D eigenvalue weighted by Crippen LogP contribution is -2.41. The molecule has 0 bridgehead atoms. The van der Waals surface area contributed by atoms with Crippen molar-refractivity contribution in [3.63, 3.8) is 0 Å². The number of fused-ring (bicyclic) bond motifs is 1. The molecule has 0 saturated heterocycles. The zero-order chi connectivity index (χ0) is 22.8. The lowest BCUT2D eigenvalue weighted by Gasteiger charge is -2.38. The highest BCUT2D eigenvalue weighted by Crippen LogP contribution is 2.43. The molecule has 3 aromatic carbocycles. The van der Waals surface area contributed by atoms with Crippen molar-refractivity contribution in [2.45, 2.75) is 33.2 Å². The number of ether oxygens (including phenoxy) is 2. The molecule has 1 atom stereocenters. The predicted octanol–water partition coefficient (Wildman–Crippen LogP) is 6.26. The summed E-state index contributed by atoms with van der Waals surface area (Å²) in [5.41, 5.74) is 3.69. The van der Waals surface area contributed by atoms with E-state index in [1.54, 1.807) is 36.1 Å². The largest absolute Gasteiger partial charge is 0.490 e. The Kier molecular flexibility index (Phi) is 6.38. The molecule has 0 fully saturated rings. The van der Waals surface area contributed by atoms with Crippen LogP contribution in [-0.4, -0.2) is 19.1 Å². The van der Waals surface area contributed by atoms with Gasteiger partial charge in [-0.25, -0.2) is 4.39 Å². The first-order valence-corrected chi connectivity index (χ1v) is 11.1. The third-order valence-corrected chi connectivity index (χ3v) is 5.84. The number of benzene rings is 3. The third-order valence-electron chi connectivity index (χ3n) is 5.59. The molecule has 1 amide bonds. The summed E-state index contributed by atoms with van der Waals surface area (Å²) in [4.78, 5) is 15.0. The summed E-state index contributed by atoms with van der Waals surface area (Å²) in [6.45, 7) is 6.49. The van der Waals surface area contributed by atoms with Crippen molar-refractivity contribution in [1.82, 2.24) is 0 Å². The van der Waals surface area contributed by atoms with E-state index in [1.807, 2.05) is 38.1 Å². The van der Waals surface area contributed by atoms with Gasteiger partial charge in [-0.3, -0.25) is 4.79 Å². The minimum absolute atomic E-state index is 0.118. The van der Waals surface area contributed by atoms with Gasteiger partial charge in [0.05, 0.1) is 25.7 Å². The molecule has 6 heteroatoms. The summed E-state index contributed by atoms with van der Waals surface area (Å²) >= 11 is 6.13. The van der Waals surface area contributed by atoms with Crippen LogP contribution in [0.2, 0.25) is 5.02 Å². The number of hydrogen-bond donors (Lipinski definition) is 0. The molecule has 4 nitrogen and oxygen atoms in total. The standard InChI is InChI=1S/C26H25ClFNO3/c1-4-31-23-12-18-13-25(30)29(20-11-6-16(3)22(28)14-20)26(17-7-9-19(27)10-8-17)21(18)15-24(23)32-5-2/h6-12,14-15,26H,4-5,13H2,1-3H3/t26-/m1/s1. The number of rotatable bonds is 6. The molecule has 166 valence electrons. The molecule has 1 aliphatic heterocycles. The van der Waals surface area contributed by atoms with Crippen LogP contribution in [0.15, 0.2) is 54.6 Å². The molecular weight excluding hydrogens is 429 g/mol. The van der Waals surface area contributed by atoms with E-state index in [0.717, 1.165) is 16.7 Å². The average molecular weight is 454 g/mol. The summed E-state index contributed by atoms with van der Waals surface area (Å²) < 4.78 is 26.1. The third kappa shape index (κ3) is 4.17. The molecular formula is C26H25ClFNO3. The van der Waals surface area contributed by atoms with Gasteiger partial charge in [0.1, 0.15) is 5.82 Å². The zero-order valence-electron chi connectivity index (χ0n) is 18.3. The SMILES string of the molecule is CCOc1cc2c(cc1OCC)[C@@H](c1ccc(Cl)cc1)N(c1ccc(C)c(F)c1)C(=O)C2. The second-order valence-electron chi connectivity index (χ2n) is 7.69. The van der Waals surface area contributed by atoms with Crippen LogP contribution in [0, 0.1) is 12.7 Å². The Morgan fingerprint density at radius 1 is 1.00 bits per heavy atom. The van der Waals surface area contributed by atoms with Gasteiger partial charge >= 0.3 is 0 Å². The van der Waals surface area contributed by atoms with Gasteiger partial charge in [0.15, 0.2) is 11.5 Å². The van der Waals surface area contributed by atoms with Crippen LogP contribution in [-0.2, 0) is 11.2 Å². The summed E-state index contributed by atoms with van der Waals surface area (Å²) in [6, 6.07) is 15.6. The number of aryl methyl sites for hydroxylation is 1. The Morgan fingerprint density at radius 3 is 2.28 bits per heavy atom. The van der Waals surface area contributed by atoms with Gasteiger partial charge in [-0.2, -0.15) is 0 Å². The molecule has 4 rings (SSSR count). The highest BCUT2D eigenvalue weighted by atomic mass is 35.5. The zero-order valence-corrected chi connectivity index (χ0v) is 19.1. The molecule has 1 heterocycles. The minimum atomic E-state index is -0.458. The maximum Gasteiger partial charge on any atom is 0.232 e. The van der Waals surface area contributed by atoms with Gasteiger partial charge in [0, 0.05) is 10.7 Å². The van der Waals surface area contributed by atoms with Crippen LogP contribution >= 0.6 is 11.6 Å². The number of anilines is 1. The quantitative estimate of drug-likeness (QED) is 0.442. The molecule has 0 aliphatic carbocycles. The smallest absolute Gasteiger partial charge is 0.232 e. The summed E-state index contributed by atoms with van der Waals surface area (Å²) in [5, 5.41) is 0.603. The van der Waals surface area contributed by atoms with Crippen LogP contribution in [0.3, 0.4) is 0 Å². The van der Waals surface area contributed by atoms with Crippen molar-refractivity contribution in [3.05, 3.63) is 87.7 Å². The fourth-order valence-electron chi connectivity index (χ4n) is 4.09. The van der Waals surface area contributed by atoms with Crippen LogP contribution in [0.4, 0.5) is 10.1 Å². The van der Waals surface area contributed by atoms with Crippen molar-refractivity contribution in [1.29, 1.82) is 0 Å². The maximum absolute atomic E-state index is 14.4. The molecule has 0 unspecified atom stereocenters. The number of halogens is 2. The Labute approximate surface area is 192 Å². The van der Waals surface area contributed by atoms with E-state index in [-0.39, 0.29) is 18.1 Å². The normalized spacial score (nSPS) is 15.5. The Bertz CT molecular complexity index is 1150. The van der Waals surface area contributed by atoms with Gasteiger partial charge in [-0.05, 0) is 79.4 Å². The molecule has 0 N–H and O–H groups in total. The lowest BCUT2D eigenvalue weighted by molar-refractivity contribution is -0.118. The van der Waals surface area contributed by atoms with E-state index < -0.39 is 6.04 Å². The van der Waals surface area contributed by atoms with E-state index in [4.69, 9.17) is 21.1 Å². The first kappa shape index (κ1) is 22.2. The highest BCUT2D eigenvalue weighted by molar-refractivity contribution is 6.30. The molecule has 32 heavy (non-hydrogen) atoms. The Hall–Kier alpha value is -3.05. The highest BCUT2D eigenvalue weighted by Gasteiger charge is 2.36. The van der Waals surface area contributed by atoms with Gasteiger partial charge < -0.3 is 14.4 Å². The van der Waals surface area contributed by atoms with Gasteiger partial charge in [0.25, 0.3) is 0 Å². The van der Waals surface area contributed by atoms with Crippen LogP contribution in [0.5, 0.6) is 11.5 Å². The van der Waals surface area contributed by atoms with E-state index in [0.29, 0.717) is 41.0 Å². The topological polar surface area (TPSA) is 38.8 Å².